The van der Waals surface area contributed by atoms with Gasteiger partial charge in [-0.25, -0.2) is 4.98 Å². The molecule has 0 fully saturated rings. The van der Waals surface area contributed by atoms with Crippen molar-refractivity contribution in [3.05, 3.63) is 16.5 Å². The van der Waals surface area contributed by atoms with Gasteiger partial charge >= 0.3 is 5.97 Å². The van der Waals surface area contributed by atoms with E-state index in [1.807, 2.05) is 0 Å². The molecular weight excluding hydrogens is 264 g/mol. The van der Waals surface area contributed by atoms with Gasteiger partial charge in [0.1, 0.15) is 11.7 Å². The van der Waals surface area contributed by atoms with Crippen LogP contribution in [0.25, 0.3) is 0 Å². The van der Waals surface area contributed by atoms with E-state index >= 15 is 0 Å². The van der Waals surface area contributed by atoms with Crippen LogP contribution in [0.2, 0.25) is 0 Å². The summed E-state index contributed by atoms with van der Waals surface area (Å²) in [7, 11) is 1.47. The van der Waals surface area contributed by atoms with Crippen LogP contribution < -0.4 is 4.74 Å². The maximum absolute atomic E-state index is 10.9. The Morgan fingerprint density at radius 1 is 1.73 bits per heavy atom. The molecule has 1 rings (SSSR count). The van der Waals surface area contributed by atoms with Crippen LogP contribution in [0.4, 0.5) is 0 Å². The molecule has 1 unspecified atom stereocenters. The van der Waals surface area contributed by atoms with E-state index < -0.39 is 11.9 Å². The first-order valence-electron chi connectivity index (χ1n) is 4.39. The molecule has 0 aliphatic carbocycles. The van der Waals surface area contributed by atoms with E-state index in [0.717, 1.165) is 0 Å². The molecule has 1 aromatic rings. The Morgan fingerprint density at radius 2 is 2.40 bits per heavy atom. The van der Waals surface area contributed by atoms with E-state index in [9.17, 15) is 4.79 Å². The predicted molar refractivity (Wildman–Crippen MR) is 57.0 cm³/mol. The monoisotopic (exact) mass is 274 g/mol. The Hall–Kier alpha value is -1.17. The van der Waals surface area contributed by atoms with Gasteiger partial charge in [0.05, 0.1) is 11.6 Å². The third-order valence-corrected chi connectivity index (χ3v) is 2.49. The lowest BCUT2D eigenvalue weighted by atomic mass is 10.1. The lowest BCUT2D eigenvalue weighted by Gasteiger charge is -2.09. The molecule has 0 spiro atoms. The summed E-state index contributed by atoms with van der Waals surface area (Å²) in [6.07, 6.45) is 1.94. The van der Waals surface area contributed by atoms with Crippen molar-refractivity contribution in [2.75, 3.05) is 7.11 Å². The third kappa shape index (κ3) is 2.65. The van der Waals surface area contributed by atoms with Gasteiger partial charge in [-0.2, -0.15) is 4.98 Å². The Kier molecular flexibility index (Phi) is 4.02. The fourth-order valence-electron chi connectivity index (χ4n) is 1.14. The molecule has 1 N–H and O–H groups in total. The van der Waals surface area contributed by atoms with Gasteiger partial charge in [-0.15, -0.1) is 0 Å². The molecular formula is C9H11BrN2O3. The van der Waals surface area contributed by atoms with Gasteiger partial charge in [-0.3, -0.25) is 4.79 Å². The molecule has 6 heteroatoms. The molecule has 0 aromatic carbocycles. The molecule has 0 radical (unpaired) electrons. The van der Waals surface area contributed by atoms with E-state index in [1.165, 1.54) is 13.3 Å². The second kappa shape index (κ2) is 5.06. The molecule has 1 aromatic heterocycles. The molecule has 5 nitrogen and oxygen atoms in total. The number of nitrogens with zero attached hydrogens (tertiary/aromatic N) is 2. The number of carbonyl (C=O) groups is 1. The van der Waals surface area contributed by atoms with Crippen LogP contribution in [0.1, 0.15) is 25.1 Å². The van der Waals surface area contributed by atoms with Gasteiger partial charge in [-0.05, 0) is 22.4 Å². The first-order valence-corrected chi connectivity index (χ1v) is 5.18. The highest BCUT2D eigenvalue weighted by molar-refractivity contribution is 9.10. The third-order valence-electron chi connectivity index (χ3n) is 1.94. The molecule has 1 heterocycles. The average molecular weight is 275 g/mol. The molecule has 0 aliphatic heterocycles. The van der Waals surface area contributed by atoms with Crippen LogP contribution in [-0.4, -0.2) is 28.2 Å². The minimum absolute atomic E-state index is 0.269. The molecule has 0 saturated heterocycles. The summed E-state index contributed by atoms with van der Waals surface area (Å²) >= 11 is 3.20. The van der Waals surface area contributed by atoms with Crippen molar-refractivity contribution < 1.29 is 14.6 Å². The summed E-state index contributed by atoms with van der Waals surface area (Å²) in [5.41, 5.74) is 0. The number of rotatable bonds is 4. The number of hydrogen-bond acceptors (Lipinski definition) is 4. The maximum atomic E-state index is 10.9. The van der Waals surface area contributed by atoms with Crippen LogP contribution in [0.15, 0.2) is 10.7 Å². The van der Waals surface area contributed by atoms with Gasteiger partial charge in [-0.1, -0.05) is 6.92 Å². The Bertz CT molecular complexity index is 370. The van der Waals surface area contributed by atoms with Crippen molar-refractivity contribution in [2.45, 2.75) is 19.3 Å². The predicted octanol–water partition coefficient (Wildman–Crippen LogP) is 1.83. The highest BCUT2D eigenvalue weighted by Gasteiger charge is 2.21. The van der Waals surface area contributed by atoms with E-state index in [4.69, 9.17) is 9.84 Å². The number of carboxylic acid groups (broad SMARTS) is 1. The Labute approximate surface area is 95.6 Å². The number of carboxylic acids is 1. The first kappa shape index (κ1) is 11.9. The summed E-state index contributed by atoms with van der Waals surface area (Å²) in [5, 5.41) is 8.93. The standard InChI is InChI=1S/C9H11BrN2O3/c1-3-5(9(13)14)7-11-4-6(10)8(12-7)15-2/h4-5H,3H2,1-2H3,(H,13,14). The quantitative estimate of drug-likeness (QED) is 0.907. The van der Waals surface area contributed by atoms with Crippen LogP contribution in [0.3, 0.4) is 0 Å². The van der Waals surface area contributed by atoms with Crippen molar-refractivity contribution >= 4 is 21.9 Å². The molecule has 0 amide bonds. The summed E-state index contributed by atoms with van der Waals surface area (Å²) in [6.45, 7) is 1.77. The minimum Gasteiger partial charge on any atom is -0.481 e. The molecule has 82 valence electrons. The SMILES string of the molecule is CCC(C(=O)O)c1ncc(Br)c(OC)n1. The lowest BCUT2D eigenvalue weighted by molar-refractivity contribution is -0.139. The molecule has 15 heavy (non-hydrogen) atoms. The zero-order chi connectivity index (χ0) is 11.4. The van der Waals surface area contributed by atoms with Gasteiger partial charge in [0.2, 0.25) is 5.88 Å². The van der Waals surface area contributed by atoms with Gasteiger partial charge in [0, 0.05) is 6.20 Å². The smallest absolute Gasteiger partial charge is 0.314 e. The van der Waals surface area contributed by atoms with Gasteiger partial charge in [0.15, 0.2) is 0 Å². The Balaban J connectivity index is 3.09. The van der Waals surface area contributed by atoms with Gasteiger partial charge in [0.25, 0.3) is 0 Å². The number of ether oxygens (including phenoxy) is 1. The number of aliphatic carboxylic acids is 1. The fraction of sp³-hybridized carbons (Fsp3) is 0.444. The zero-order valence-corrected chi connectivity index (χ0v) is 9.98. The number of hydrogen-bond donors (Lipinski definition) is 1. The molecule has 0 saturated carbocycles. The van der Waals surface area contributed by atoms with E-state index in [2.05, 4.69) is 25.9 Å². The normalized spacial score (nSPS) is 12.2. The zero-order valence-electron chi connectivity index (χ0n) is 8.40. The van der Waals surface area contributed by atoms with Crippen LogP contribution >= 0.6 is 15.9 Å². The summed E-state index contributed by atoms with van der Waals surface area (Å²) in [5.74, 6) is -1.00. The lowest BCUT2D eigenvalue weighted by Crippen LogP contribution is -2.14. The van der Waals surface area contributed by atoms with Crippen LogP contribution in [-0.2, 0) is 4.79 Å². The molecule has 1 atom stereocenters. The van der Waals surface area contributed by atoms with Crippen molar-refractivity contribution in [1.82, 2.24) is 9.97 Å². The largest absolute Gasteiger partial charge is 0.481 e. The van der Waals surface area contributed by atoms with E-state index in [1.54, 1.807) is 6.92 Å². The second-order valence-corrected chi connectivity index (χ2v) is 3.74. The fourth-order valence-corrected chi connectivity index (χ4v) is 1.50. The van der Waals surface area contributed by atoms with E-state index in [-0.39, 0.29) is 5.82 Å². The van der Waals surface area contributed by atoms with Crippen LogP contribution in [0.5, 0.6) is 5.88 Å². The number of aromatic nitrogens is 2. The number of halogens is 1. The highest BCUT2D eigenvalue weighted by Crippen LogP contribution is 2.24. The van der Waals surface area contributed by atoms with Gasteiger partial charge < -0.3 is 9.84 Å². The molecule has 0 aliphatic rings. The van der Waals surface area contributed by atoms with Crippen molar-refractivity contribution in [3.63, 3.8) is 0 Å². The summed E-state index contributed by atoms with van der Waals surface area (Å²) < 4.78 is 5.57. The van der Waals surface area contributed by atoms with E-state index in [0.29, 0.717) is 16.8 Å². The Morgan fingerprint density at radius 3 is 2.87 bits per heavy atom. The average Bonchev–Trinajstić information content (AvgIpc) is 2.21. The topological polar surface area (TPSA) is 72.3 Å². The summed E-state index contributed by atoms with van der Waals surface area (Å²) in [4.78, 5) is 18.9. The van der Waals surface area contributed by atoms with Crippen molar-refractivity contribution in [1.29, 1.82) is 0 Å². The summed E-state index contributed by atoms with van der Waals surface area (Å²) in [6, 6.07) is 0. The minimum atomic E-state index is -0.929. The van der Waals surface area contributed by atoms with Crippen molar-refractivity contribution in [3.8, 4) is 5.88 Å². The first-order chi connectivity index (χ1) is 7.10. The second-order valence-electron chi connectivity index (χ2n) is 2.88. The number of methoxy groups -OCH3 is 1. The van der Waals surface area contributed by atoms with Crippen molar-refractivity contribution in [2.24, 2.45) is 0 Å². The highest BCUT2D eigenvalue weighted by atomic mass is 79.9. The van der Waals surface area contributed by atoms with Crippen LogP contribution in [0, 0.1) is 0 Å². The molecule has 0 bridgehead atoms. The maximum Gasteiger partial charge on any atom is 0.314 e.